The second-order valence-electron chi connectivity index (χ2n) is 12.8. The molecule has 2 atom stereocenters. The molecule has 234 valence electrons. The number of carbonyl (C=O) groups excluding carboxylic acids is 2. The summed E-state index contributed by atoms with van der Waals surface area (Å²) in [5.41, 5.74) is 7.66. The standard InChI is InChI=1S/C34H43N5O4S/c1-22(2)30(39-44(42,43)21-24-8-4-3-5-9-24)32(40)38-34(33(41)37-20-23-12-14-26(15-13-23)31(35)36)18-27-17-16-25-10-6-7-11-28(25)29(27)19-34/h6-7,10-17,22,24,30,39H,3-5,8-9,18-21H2,1-2H3,(H3,35,36)(H,37,41)(H,38,40)/t30-,34?/m1/s1. The van der Waals surface area contributed by atoms with Gasteiger partial charge >= 0.3 is 0 Å². The molecule has 10 heteroatoms. The minimum absolute atomic E-state index is 0.00891. The number of hydrogen-bond donors (Lipinski definition) is 5. The Morgan fingerprint density at radius 2 is 1.68 bits per heavy atom. The summed E-state index contributed by atoms with van der Waals surface area (Å²) in [5.74, 6) is -1.11. The van der Waals surface area contributed by atoms with Crippen LogP contribution in [0, 0.1) is 17.2 Å². The third-order valence-electron chi connectivity index (χ3n) is 9.06. The van der Waals surface area contributed by atoms with Gasteiger partial charge in [0.25, 0.3) is 0 Å². The predicted octanol–water partition coefficient (Wildman–Crippen LogP) is 3.92. The average molecular weight is 618 g/mol. The van der Waals surface area contributed by atoms with Crippen LogP contribution in [-0.4, -0.2) is 43.4 Å². The number of nitrogens with two attached hydrogens (primary N) is 1. The quantitative estimate of drug-likeness (QED) is 0.163. The van der Waals surface area contributed by atoms with E-state index in [9.17, 15) is 18.0 Å². The van der Waals surface area contributed by atoms with E-state index in [0.717, 1.165) is 59.6 Å². The Balaban J connectivity index is 1.39. The number of benzene rings is 3. The molecule has 0 radical (unpaired) electrons. The molecule has 0 saturated heterocycles. The molecular formula is C34H43N5O4S. The zero-order valence-electron chi connectivity index (χ0n) is 25.5. The van der Waals surface area contributed by atoms with Gasteiger partial charge in [-0.25, -0.2) is 13.1 Å². The highest BCUT2D eigenvalue weighted by atomic mass is 32.2. The topological polar surface area (TPSA) is 154 Å². The van der Waals surface area contributed by atoms with Crippen LogP contribution in [0.2, 0.25) is 0 Å². The molecule has 1 unspecified atom stereocenters. The monoisotopic (exact) mass is 617 g/mol. The van der Waals surface area contributed by atoms with Gasteiger partial charge in [-0.15, -0.1) is 0 Å². The molecule has 3 aromatic carbocycles. The first-order valence-corrected chi connectivity index (χ1v) is 17.1. The maximum absolute atomic E-state index is 14.1. The Labute approximate surface area is 259 Å². The highest BCUT2D eigenvalue weighted by Crippen LogP contribution is 2.36. The van der Waals surface area contributed by atoms with Gasteiger partial charge in [-0.3, -0.25) is 15.0 Å². The van der Waals surface area contributed by atoms with Crippen molar-refractivity contribution in [1.29, 1.82) is 5.41 Å². The normalized spacial score (nSPS) is 19.4. The SMILES string of the molecule is CC(C)[C@@H](NS(=O)(=O)CC1CCCCC1)C(=O)NC1(C(=O)NCc2ccc(C(=N)N)cc2)Cc2ccc3ccccc3c2C1. The second kappa shape index (κ2) is 13.1. The number of sulfonamides is 1. The van der Waals surface area contributed by atoms with Gasteiger partial charge in [-0.2, -0.15) is 0 Å². The summed E-state index contributed by atoms with van der Waals surface area (Å²) < 4.78 is 29.1. The number of amides is 2. The van der Waals surface area contributed by atoms with Gasteiger partial charge in [0.2, 0.25) is 21.8 Å². The maximum atomic E-state index is 14.1. The van der Waals surface area contributed by atoms with Crippen LogP contribution in [0.15, 0.2) is 60.7 Å². The van der Waals surface area contributed by atoms with E-state index >= 15 is 0 Å². The summed E-state index contributed by atoms with van der Waals surface area (Å²) in [6, 6.07) is 18.0. The van der Waals surface area contributed by atoms with Crippen LogP contribution in [0.25, 0.3) is 10.8 Å². The van der Waals surface area contributed by atoms with Gasteiger partial charge in [0.15, 0.2) is 0 Å². The zero-order chi connectivity index (χ0) is 31.5. The van der Waals surface area contributed by atoms with Crippen molar-refractivity contribution < 1.29 is 18.0 Å². The maximum Gasteiger partial charge on any atom is 0.246 e. The molecule has 5 rings (SSSR count). The smallest absolute Gasteiger partial charge is 0.246 e. The van der Waals surface area contributed by atoms with Crippen LogP contribution in [0.3, 0.4) is 0 Å². The van der Waals surface area contributed by atoms with Gasteiger partial charge in [-0.05, 0) is 52.1 Å². The van der Waals surface area contributed by atoms with Gasteiger partial charge in [0.1, 0.15) is 17.4 Å². The van der Waals surface area contributed by atoms with Crippen molar-refractivity contribution >= 4 is 38.4 Å². The molecule has 2 aliphatic carbocycles. The van der Waals surface area contributed by atoms with Gasteiger partial charge < -0.3 is 16.4 Å². The van der Waals surface area contributed by atoms with Crippen LogP contribution in [-0.2, 0) is 39.0 Å². The van der Waals surface area contributed by atoms with E-state index in [-0.39, 0.29) is 48.7 Å². The number of amidine groups is 1. The van der Waals surface area contributed by atoms with Gasteiger partial charge in [-0.1, -0.05) is 93.8 Å². The molecular weight excluding hydrogens is 574 g/mol. The lowest BCUT2D eigenvalue weighted by Gasteiger charge is -2.32. The fourth-order valence-corrected chi connectivity index (χ4v) is 8.43. The molecule has 2 amide bonds. The third kappa shape index (κ3) is 7.13. The molecule has 2 aliphatic rings. The summed E-state index contributed by atoms with van der Waals surface area (Å²) in [6.07, 6.45) is 5.52. The van der Waals surface area contributed by atoms with Crippen LogP contribution in [0.1, 0.15) is 68.2 Å². The average Bonchev–Trinajstić information content (AvgIpc) is 3.39. The van der Waals surface area contributed by atoms with Crippen LogP contribution in [0.4, 0.5) is 0 Å². The van der Waals surface area contributed by atoms with E-state index < -0.39 is 27.5 Å². The molecule has 0 bridgehead atoms. The van der Waals surface area contributed by atoms with E-state index in [1.54, 1.807) is 24.3 Å². The zero-order valence-corrected chi connectivity index (χ0v) is 26.3. The molecule has 0 aromatic heterocycles. The van der Waals surface area contributed by atoms with Gasteiger partial charge in [0.05, 0.1) is 5.75 Å². The molecule has 9 nitrogen and oxygen atoms in total. The van der Waals surface area contributed by atoms with E-state index in [1.165, 1.54) is 0 Å². The molecule has 3 aromatic rings. The predicted molar refractivity (Wildman–Crippen MR) is 174 cm³/mol. The number of rotatable bonds is 11. The van der Waals surface area contributed by atoms with Crippen molar-refractivity contribution in [3.05, 3.63) is 82.9 Å². The van der Waals surface area contributed by atoms with Gasteiger partial charge in [0, 0.05) is 24.9 Å². The van der Waals surface area contributed by atoms with Crippen molar-refractivity contribution in [2.45, 2.75) is 76.9 Å². The lowest BCUT2D eigenvalue weighted by Crippen LogP contribution is -2.63. The number of nitrogens with one attached hydrogen (secondary N) is 4. The van der Waals surface area contributed by atoms with Crippen molar-refractivity contribution in [3.8, 4) is 0 Å². The van der Waals surface area contributed by atoms with E-state index in [4.69, 9.17) is 11.1 Å². The minimum atomic E-state index is -3.72. The summed E-state index contributed by atoms with van der Waals surface area (Å²) in [6.45, 7) is 3.83. The molecule has 0 heterocycles. The Bertz CT molecular complexity index is 1650. The fourth-order valence-electron chi connectivity index (χ4n) is 6.62. The molecule has 44 heavy (non-hydrogen) atoms. The first-order valence-electron chi connectivity index (χ1n) is 15.5. The van der Waals surface area contributed by atoms with Crippen molar-refractivity contribution in [2.24, 2.45) is 17.6 Å². The van der Waals surface area contributed by atoms with Crippen molar-refractivity contribution in [2.75, 3.05) is 5.75 Å². The lowest BCUT2D eigenvalue weighted by molar-refractivity contribution is -0.134. The van der Waals surface area contributed by atoms with Crippen molar-refractivity contribution in [1.82, 2.24) is 15.4 Å². The number of nitrogen functional groups attached to an aromatic ring is 1. The Kier molecular flexibility index (Phi) is 9.41. The van der Waals surface area contributed by atoms with Crippen LogP contribution < -0.4 is 21.1 Å². The fraction of sp³-hybridized carbons (Fsp3) is 0.441. The highest BCUT2D eigenvalue weighted by Gasteiger charge is 2.47. The van der Waals surface area contributed by atoms with E-state index in [0.29, 0.717) is 5.56 Å². The minimum Gasteiger partial charge on any atom is -0.384 e. The highest BCUT2D eigenvalue weighted by molar-refractivity contribution is 7.89. The lowest BCUT2D eigenvalue weighted by atomic mass is 9.91. The summed E-state index contributed by atoms with van der Waals surface area (Å²) in [5, 5.41) is 15.8. The molecule has 0 spiro atoms. The molecule has 0 aliphatic heterocycles. The Morgan fingerprint density at radius 1 is 0.977 bits per heavy atom. The summed E-state index contributed by atoms with van der Waals surface area (Å²) >= 11 is 0. The molecule has 6 N–H and O–H groups in total. The number of fused-ring (bicyclic) bond motifs is 3. The van der Waals surface area contributed by atoms with Crippen molar-refractivity contribution in [3.63, 3.8) is 0 Å². The van der Waals surface area contributed by atoms with E-state index in [2.05, 4.69) is 15.4 Å². The first-order chi connectivity index (χ1) is 21.0. The van der Waals surface area contributed by atoms with Crippen LogP contribution in [0.5, 0.6) is 0 Å². The van der Waals surface area contributed by atoms with E-state index in [1.807, 2.05) is 50.2 Å². The molecule has 1 fully saturated rings. The molecule has 1 saturated carbocycles. The third-order valence-corrected chi connectivity index (χ3v) is 10.6. The summed E-state index contributed by atoms with van der Waals surface area (Å²) in [7, 11) is -3.72. The number of carbonyl (C=O) groups is 2. The Morgan fingerprint density at radius 3 is 2.36 bits per heavy atom. The van der Waals surface area contributed by atoms with Crippen LogP contribution >= 0.6 is 0 Å². The summed E-state index contributed by atoms with van der Waals surface area (Å²) in [4.78, 5) is 28.0. The second-order valence-corrected chi connectivity index (χ2v) is 14.6. The largest absolute Gasteiger partial charge is 0.384 e. The number of hydrogen-bond acceptors (Lipinski definition) is 5. The Hall–Kier alpha value is -3.76. The first kappa shape index (κ1) is 31.7.